The summed E-state index contributed by atoms with van der Waals surface area (Å²) in [5, 5.41) is 3.81. The topological polar surface area (TPSA) is 86.8 Å². The lowest BCUT2D eigenvalue weighted by Crippen LogP contribution is -2.51. The van der Waals surface area contributed by atoms with Crippen molar-refractivity contribution in [2.24, 2.45) is 0 Å². The zero-order valence-electron chi connectivity index (χ0n) is 20.1. The monoisotopic (exact) mass is 561 g/mol. The maximum atomic E-state index is 13.6. The Morgan fingerprint density at radius 2 is 1.71 bits per heavy atom. The number of rotatable bonds is 11. The van der Waals surface area contributed by atoms with E-state index in [0.29, 0.717) is 32.7 Å². The van der Waals surface area contributed by atoms with E-state index in [0.717, 1.165) is 23.4 Å². The van der Waals surface area contributed by atoms with Crippen LogP contribution in [0.15, 0.2) is 36.4 Å². The van der Waals surface area contributed by atoms with Crippen molar-refractivity contribution in [3.05, 3.63) is 62.6 Å². The highest BCUT2D eigenvalue weighted by atomic mass is 35.5. The Hall–Kier alpha value is -2.00. The molecule has 0 spiro atoms. The fourth-order valence-corrected chi connectivity index (χ4v) is 5.00. The molecule has 0 heterocycles. The number of halogens is 3. The highest BCUT2D eigenvalue weighted by Crippen LogP contribution is 2.29. The van der Waals surface area contributed by atoms with Gasteiger partial charge in [0.25, 0.3) is 0 Å². The lowest BCUT2D eigenvalue weighted by Gasteiger charge is -2.32. The van der Waals surface area contributed by atoms with Crippen molar-refractivity contribution in [3.63, 3.8) is 0 Å². The summed E-state index contributed by atoms with van der Waals surface area (Å²) in [7, 11) is -3.86. The van der Waals surface area contributed by atoms with E-state index in [1.54, 1.807) is 44.2 Å². The minimum atomic E-state index is -3.86. The molecule has 0 unspecified atom stereocenters. The summed E-state index contributed by atoms with van der Waals surface area (Å²) in [6.07, 6.45) is 2.70. The molecule has 0 aliphatic heterocycles. The Bertz CT molecular complexity index is 1150. The van der Waals surface area contributed by atoms with Crippen LogP contribution < -0.4 is 9.62 Å². The number of unbranched alkanes of at least 4 members (excludes halogenated alkanes) is 1. The van der Waals surface area contributed by atoms with Gasteiger partial charge in [-0.2, -0.15) is 0 Å². The summed E-state index contributed by atoms with van der Waals surface area (Å²) in [4.78, 5) is 27.7. The molecule has 0 saturated carbocycles. The average Bonchev–Trinajstić information content (AvgIpc) is 2.78. The quantitative estimate of drug-likeness (QED) is 0.388. The normalized spacial score (nSPS) is 12.2. The molecule has 2 aromatic carbocycles. The molecular formula is C24H30Cl3N3O4S. The fraction of sp³-hybridized carbons (Fsp3) is 0.417. The number of sulfonamides is 1. The number of aryl methyl sites for hydroxylation is 1. The van der Waals surface area contributed by atoms with Crippen LogP contribution in [0.2, 0.25) is 15.1 Å². The van der Waals surface area contributed by atoms with Gasteiger partial charge in [-0.1, -0.05) is 60.3 Å². The van der Waals surface area contributed by atoms with E-state index in [9.17, 15) is 18.0 Å². The number of benzene rings is 2. The van der Waals surface area contributed by atoms with Gasteiger partial charge in [0.15, 0.2) is 0 Å². The molecule has 2 amide bonds. The largest absolute Gasteiger partial charge is 0.354 e. The third-order valence-electron chi connectivity index (χ3n) is 5.51. The Labute approximate surface area is 222 Å². The first-order chi connectivity index (χ1) is 16.4. The number of nitrogens with zero attached hydrogens (tertiary/aromatic N) is 2. The molecule has 0 fully saturated rings. The second-order valence-electron chi connectivity index (χ2n) is 8.24. The van der Waals surface area contributed by atoms with Crippen molar-refractivity contribution in [2.45, 2.75) is 46.2 Å². The van der Waals surface area contributed by atoms with Crippen LogP contribution in [0.25, 0.3) is 0 Å². The van der Waals surface area contributed by atoms with Gasteiger partial charge in [-0.15, -0.1) is 0 Å². The minimum Gasteiger partial charge on any atom is -0.354 e. The number of hydrogen-bond donors (Lipinski definition) is 1. The molecule has 1 atom stereocenters. The number of carbonyl (C=O) groups is 2. The van der Waals surface area contributed by atoms with Gasteiger partial charge >= 0.3 is 0 Å². The van der Waals surface area contributed by atoms with Crippen LogP contribution in [-0.4, -0.2) is 50.5 Å². The van der Waals surface area contributed by atoms with E-state index in [1.807, 2.05) is 6.92 Å². The van der Waals surface area contributed by atoms with Gasteiger partial charge in [-0.3, -0.25) is 13.9 Å². The second-order valence-corrected chi connectivity index (χ2v) is 11.4. The van der Waals surface area contributed by atoms with E-state index in [1.165, 1.54) is 11.0 Å². The van der Waals surface area contributed by atoms with Gasteiger partial charge in [0.2, 0.25) is 21.8 Å². The highest BCUT2D eigenvalue weighted by Gasteiger charge is 2.31. The van der Waals surface area contributed by atoms with Crippen LogP contribution in [0.4, 0.5) is 5.69 Å². The standard InChI is InChI=1S/C24H30Cl3N3O4S/c1-5-6-12-28-24(32)17(3)29(14-19-20(26)8-7-9-21(19)27)23(31)15-30(35(4,33)34)22-13-18(25)11-10-16(22)2/h7-11,13,17H,5-6,12,14-15H2,1-4H3,(H,28,32)/t17-/m0/s1. The predicted molar refractivity (Wildman–Crippen MR) is 143 cm³/mol. The van der Waals surface area contributed by atoms with Crippen molar-refractivity contribution in [1.29, 1.82) is 0 Å². The third-order valence-corrected chi connectivity index (χ3v) is 7.58. The Balaban J connectivity index is 2.45. The summed E-state index contributed by atoms with van der Waals surface area (Å²) in [5.74, 6) is -0.955. The molecule has 192 valence electrons. The van der Waals surface area contributed by atoms with E-state index >= 15 is 0 Å². The summed E-state index contributed by atoms with van der Waals surface area (Å²) in [5.41, 5.74) is 1.37. The number of anilines is 1. The van der Waals surface area contributed by atoms with E-state index in [4.69, 9.17) is 34.8 Å². The molecule has 2 aromatic rings. The number of carbonyl (C=O) groups excluding carboxylic acids is 2. The van der Waals surface area contributed by atoms with Gasteiger partial charge < -0.3 is 10.2 Å². The fourth-order valence-electron chi connectivity index (χ4n) is 3.42. The first-order valence-corrected chi connectivity index (χ1v) is 14.1. The van der Waals surface area contributed by atoms with Crippen molar-refractivity contribution in [2.75, 3.05) is 23.7 Å². The van der Waals surface area contributed by atoms with Crippen LogP contribution in [0.1, 0.15) is 37.8 Å². The molecule has 0 radical (unpaired) electrons. The number of amides is 2. The number of hydrogen-bond acceptors (Lipinski definition) is 4. The Morgan fingerprint density at radius 1 is 1.09 bits per heavy atom. The second kappa shape index (κ2) is 12.8. The van der Waals surface area contributed by atoms with E-state index in [2.05, 4.69) is 5.32 Å². The minimum absolute atomic E-state index is 0.0775. The molecular weight excluding hydrogens is 533 g/mol. The molecule has 0 aliphatic carbocycles. The lowest BCUT2D eigenvalue weighted by atomic mass is 10.1. The Morgan fingerprint density at radius 3 is 2.29 bits per heavy atom. The predicted octanol–water partition coefficient (Wildman–Crippen LogP) is 5.05. The van der Waals surface area contributed by atoms with Crippen LogP contribution in [-0.2, 0) is 26.2 Å². The Kier molecular flexibility index (Phi) is 10.7. The van der Waals surface area contributed by atoms with Gasteiger partial charge in [0.1, 0.15) is 12.6 Å². The van der Waals surface area contributed by atoms with Crippen LogP contribution in [0.5, 0.6) is 0 Å². The van der Waals surface area contributed by atoms with Crippen molar-refractivity contribution in [3.8, 4) is 0 Å². The van der Waals surface area contributed by atoms with Crippen LogP contribution >= 0.6 is 34.8 Å². The molecule has 11 heteroatoms. The van der Waals surface area contributed by atoms with Gasteiger partial charge in [0.05, 0.1) is 11.9 Å². The van der Waals surface area contributed by atoms with Crippen LogP contribution in [0.3, 0.4) is 0 Å². The SMILES string of the molecule is CCCCNC(=O)[C@H](C)N(Cc1c(Cl)cccc1Cl)C(=O)CN(c1cc(Cl)ccc1C)S(C)(=O)=O. The van der Waals surface area contributed by atoms with Crippen molar-refractivity contribution >= 4 is 62.3 Å². The molecule has 0 bridgehead atoms. The zero-order chi connectivity index (χ0) is 26.3. The van der Waals surface area contributed by atoms with Crippen molar-refractivity contribution in [1.82, 2.24) is 10.2 Å². The molecule has 1 N–H and O–H groups in total. The van der Waals surface area contributed by atoms with Crippen LogP contribution in [0, 0.1) is 6.92 Å². The van der Waals surface area contributed by atoms with Gasteiger partial charge in [-0.25, -0.2) is 8.42 Å². The lowest BCUT2D eigenvalue weighted by molar-refractivity contribution is -0.139. The number of nitrogens with one attached hydrogen (secondary N) is 1. The first kappa shape index (κ1) is 29.2. The summed E-state index contributed by atoms with van der Waals surface area (Å²) in [6, 6.07) is 8.83. The molecule has 0 saturated heterocycles. The maximum absolute atomic E-state index is 13.6. The first-order valence-electron chi connectivity index (χ1n) is 11.1. The molecule has 0 aromatic heterocycles. The molecule has 7 nitrogen and oxygen atoms in total. The van der Waals surface area contributed by atoms with E-state index < -0.39 is 28.5 Å². The molecule has 0 aliphatic rings. The van der Waals surface area contributed by atoms with Gasteiger partial charge in [-0.05, 0) is 50.1 Å². The summed E-state index contributed by atoms with van der Waals surface area (Å²) in [6.45, 7) is 5.16. The zero-order valence-corrected chi connectivity index (χ0v) is 23.2. The third kappa shape index (κ3) is 8.00. The molecule has 35 heavy (non-hydrogen) atoms. The molecule has 2 rings (SSSR count). The average molecular weight is 563 g/mol. The highest BCUT2D eigenvalue weighted by molar-refractivity contribution is 7.92. The summed E-state index contributed by atoms with van der Waals surface area (Å²) < 4.78 is 26.4. The van der Waals surface area contributed by atoms with Crippen molar-refractivity contribution < 1.29 is 18.0 Å². The summed E-state index contributed by atoms with van der Waals surface area (Å²) >= 11 is 18.8. The van der Waals surface area contributed by atoms with E-state index in [-0.39, 0.29) is 18.1 Å². The smallest absolute Gasteiger partial charge is 0.244 e. The van der Waals surface area contributed by atoms with Gasteiger partial charge in [0, 0.05) is 33.7 Å². The maximum Gasteiger partial charge on any atom is 0.244 e.